The number of primary amides is 1. The molecule has 6 nitrogen and oxygen atoms in total. The maximum Gasteiger partial charge on any atom is 0.267 e. The van der Waals surface area contributed by atoms with Gasteiger partial charge < -0.3 is 16.4 Å². The molecule has 0 saturated carbocycles. The van der Waals surface area contributed by atoms with Crippen LogP contribution in [0, 0.1) is 11.3 Å². The number of carbonyl (C=O) groups is 2. The predicted octanol–water partition coefficient (Wildman–Crippen LogP) is 3.55. The highest BCUT2D eigenvalue weighted by Gasteiger charge is 2.11. The van der Waals surface area contributed by atoms with Gasteiger partial charge in [-0.1, -0.05) is 23.2 Å². The Kier molecular flexibility index (Phi) is 6.01. The minimum absolute atomic E-state index is 0.162. The maximum absolute atomic E-state index is 12.2. The molecule has 126 valence electrons. The SMILES string of the molecule is N#C/C(=C/Nc1ccc(C(N)=O)cc1)C(=O)Nc1ccc(Cl)cc1Cl. The first-order chi connectivity index (χ1) is 11.9. The topological polar surface area (TPSA) is 108 Å². The fraction of sp³-hybridized carbons (Fsp3) is 0. The molecule has 0 fully saturated rings. The molecule has 0 spiro atoms. The van der Waals surface area contributed by atoms with E-state index in [2.05, 4.69) is 10.6 Å². The van der Waals surface area contributed by atoms with Crippen LogP contribution in [0.4, 0.5) is 11.4 Å². The molecule has 25 heavy (non-hydrogen) atoms. The van der Waals surface area contributed by atoms with Crippen LogP contribution in [0.3, 0.4) is 0 Å². The molecule has 0 radical (unpaired) electrons. The second-order valence-electron chi connectivity index (χ2n) is 4.83. The molecule has 0 aliphatic rings. The van der Waals surface area contributed by atoms with Crippen LogP contribution < -0.4 is 16.4 Å². The van der Waals surface area contributed by atoms with E-state index >= 15 is 0 Å². The number of nitrogens with one attached hydrogen (secondary N) is 2. The molecule has 0 unspecified atom stereocenters. The molecule has 8 heteroatoms. The number of benzene rings is 2. The zero-order chi connectivity index (χ0) is 18.4. The first-order valence-corrected chi connectivity index (χ1v) is 7.69. The van der Waals surface area contributed by atoms with E-state index in [-0.39, 0.29) is 10.6 Å². The highest BCUT2D eigenvalue weighted by Crippen LogP contribution is 2.25. The second kappa shape index (κ2) is 8.20. The van der Waals surface area contributed by atoms with Gasteiger partial charge in [-0.25, -0.2) is 0 Å². The van der Waals surface area contributed by atoms with Crippen molar-refractivity contribution in [3.05, 3.63) is 69.8 Å². The summed E-state index contributed by atoms with van der Waals surface area (Å²) in [4.78, 5) is 23.2. The smallest absolute Gasteiger partial charge is 0.267 e. The molecule has 0 heterocycles. The third kappa shape index (κ3) is 4.98. The van der Waals surface area contributed by atoms with Crippen LogP contribution in [0.1, 0.15) is 10.4 Å². The lowest BCUT2D eigenvalue weighted by Gasteiger charge is -2.07. The van der Waals surface area contributed by atoms with E-state index in [1.807, 2.05) is 0 Å². The van der Waals surface area contributed by atoms with E-state index in [9.17, 15) is 9.59 Å². The monoisotopic (exact) mass is 374 g/mol. The molecule has 0 aliphatic heterocycles. The van der Waals surface area contributed by atoms with Gasteiger partial charge in [0.1, 0.15) is 11.6 Å². The summed E-state index contributed by atoms with van der Waals surface area (Å²) in [5.74, 6) is -1.17. The summed E-state index contributed by atoms with van der Waals surface area (Å²) in [5.41, 5.74) is 6.26. The van der Waals surface area contributed by atoms with E-state index < -0.39 is 11.8 Å². The largest absolute Gasteiger partial charge is 0.366 e. The Balaban J connectivity index is 2.09. The number of nitrogens with zero attached hydrogens (tertiary/aromatic N) is 1. The number of carbonyl (C=O) groups excluding carboxylic acids is 2. The standard InChI is InChI=1S/C17H12Cl2N4O2/c18-12-3-6-15(14(19)7-12)23-17(25)11(8-20)9-22-13-4-1-10(2-5-13)16(21)24/h1-7,9,22H,(H2,21,24)(H,23,25)/b11-9-. The van der Waals surface area contributed by atoms with Crippen molar-refractivity contribution >= 4 is 46.4 Å². The fourth-order valence-corrected chi connectivity index (χ4v) is 2.27. The van der Waals surface area contributed by atoms with E-state index in [4.69, 9.17) is 34.2 Å². The zero-order valence-corrected chi connectivity index (χ0v) is 14.2. The van der Waals surface area contributed by atoms with Gasteiger partial charge in [-0.3, -0.25) is 9.59 Å². The summed E-state index contributed by atoms with van der Waals surface area (Å²) in [7, 11) is 0. The first-order valence-electron chi connectivity index (χ1n) is 6.94. The van der Waals surface area contributed by atoms with E-state index in [0.29, 0.717) is 22.0 Å². The van der Waals surface area contributed by atoms with Crippen molar-refractivity contribution in [3.8, 4) is 6.07 Å². The Labute approximate surface area is 153 Å². The van der Waals surface area contributed by atoms with Crippen molar-refractivity contribution in [1.82, 2.24) is 0 Å². The second-order valence-corrected chi connectivity index (χ2v) is 5.68. The van der Waals surface area contributed by atoms with Crippen LogP contribution in [0.15, 0.2) is 54.2 Å². The van der Waals surface area contributed by atoms with Crippen molar-refractivity contribution < 1.29 is 9.59 Å². The molecular formula is C17H12Cl2N4O2. The minimum Gasteiger partial charge on any atom is -0.366 e. The Bertz CT molecular complexity index is 887. The number of nitrogens with two attached hydrogens (primary N) is 1. The number of hydrogen-bond donors (Lipinski definition) is 3. The molecule has 0 saturated heterocycles. The van der Waals surface area contributed by atoms with Crippen LogP contribution in [0.5, 0.6) is 0 Å². The molecule has 2 rings (SSSR count). The van der Waals surface area contributed by atoms with Gasteiger partial charge in [0.25, 0.3) is 5.91 Å². The normalized spacial score (nSPS) is 10.7. The number of hydrogen-bond acceptors (Lipinski definition) is 4. The van der Waals surface area contributed by atoms with Gasteiger partial charge in [-0.05, 0) is 42.5 Å². The lowest BCUT2D eigenvalue weighted by atomic mass is 10.2. The highest BCUT2D eigenvalue weighted by atomic mass is 35.5. The average molecular weight is 375 g/mol. The number of halogens is 2. The average Bonchev–Trinajstić information content (AvgIpc) is 2.58. The summed E-state index contributed by atoms with van der Waals surface area (Å²) in [6, 6.07) is 12.6. The molecule has 0 aromatic heterocycles. The van der Waals surface area contributed by atoms with Gasteiger partial charge in [-0.2, -0.15) is 5.26 Å². The van der Waals surface area contributed by atoms with Crippen LogP contribution >= 0.6 is 23.2 Å². The minimum atomic E-state index is -0.632. The quantitative estimate of drug-likeness (QED) is 0.549. The molecule has 2 aromatic carbocycles. The molecule has 0 aliphatic carbocycles. The fourth-order valence-electron chi connectivity index (χ4n) is 1.82. The van der Waals surface area contributed by atoms with Crippen LogP contribution in [0.25, 0.3) is 0 Å². The summed E-state index contributed by atoms with van der Waals surface area (Å²) in [5, 5.41) is 15.2. The van der Waals surface area contributed by atoms with Crippen LogP contribution in [0.2, 0.25) is 10.0 Å². The lowest BCUT2D eigenvalue weighted by molar-refractivity contribution is -0.112. The maximum atomic E-state index is 12.2. The summed E-state index contributed by atoms with van der Waals surface area (Å²) in [6.07, 6.45) is 1.25. The van der Waals surface area contributed by atoms with Crippen molar-refractivity contribution in [2.75, 3.05) is 10.6 Å². The number of amides is 2. The summed E-state index contributed by atoms with van der Waals surface area (Å²) < 4.78 is 0. The molecule has 2 amide bonds. The Hall–Kier alpha value is -3.01. The molecule has 2 aromatic rings. The predicted molar refractivity (Wildman–Crippen MR) is 97.4 cm³/mol. The highest BCUT2D eigenvalue weighted by molar-refractivity contribution is 6.36. The zero-order valence-electron chi connectivity index (χ0n) is 12.7. The number of nitriles is 1. The first kappa shape index (κ1) is 18.3. The molecule has 0 atom stereocenters. The Morgan fingerprint density at radius 1 is 1.12 bits per heavy atom. The third-order valence-electron chi connectivity index (χ3n) is 3.10. The molecule has 4 N–H and O–H groups in total. The molecular weight excluding hydrogens is 363 g/mol. The number of rotatable bonds is 5. The Morgan fingerprint density at radius 3 is 2.36 bits per heavy atom. The van der Waals surface area contributed by atoms with Crippen molar-refractivity contribution in [3.63, 3.8) is 0 Å². The summed E-state index contributed by atoms with van der Waals surface area (Å²) >= 11 is 11.8. The van der Waals surface area contributed by atoms with E-state index in [1.165, 1.54) is 30.5 Å². The van der Waals surface area contributed by atoms with E-state index in [1.54, 1.807) is 24.3 Å². The van der Waals surface area contributed by atoms with E-state index in [0.717, 1.165) is 0 Å². The van der Waals surface area contributed by atoms with Crippen LogP contribution in [-0.4, -0.2) is 11.8 Å². The van der Waals surface area contributed by atoms with Gasteiger partial charge in [0.05, 0.1) is 10.7 Å². The van der Waals surface area contributed by atoms with Crippen LogP contribution in [-0.2, 0) is 4.79 Å². The van der Waals surface area contributed by atoms with Gasteiger partial charge in [0, 0.05) is 22.5 Å². The van der Waals surface area contributed by atoms with Gasteiger partial charge in [0.2, 0.25) is 5.91 Å². The number of anilines is 2. The molecule has 0 bridgehead atoms. The van der Waals surface area contributed by atoms with Gasteiger partial charge >= 0.3 is 0 Å². The van der Waals surface area contributed by atoms with Gasteiger partial charge in [0.15, 0.2) is 0 Å². The van der Waals surface area contributed by atoms with Crippen molar-refractivity contribution in [2.24, 2.45) is 5.73 Å². The summed E-state index contributed by atoms with van der Waals surface area (Å²) in [6.45, 7) is 0. The van der Waals surface area contributed by atoms with Crippen molar-refractivity contribution in [2.45, 2.75) is 0 Å². The Morgan fingerprint density at radius 2 is 1.80 bits per heavy atom. The lowest BCUT2D eigenvalue weighted by Crippen LogP contribution is -2.15. The van der Waals surface area contributed by atoms with Gasteiger partial charge in [-0.15, -0.1) is 0 Å². The van der Waals surface area contributed by atoms with Crippen molar-refractivity contribution in [1.29, 1.82) is 5.26 Å². The third-order valence-corrected chi connectivity index (χ3v) is 3.64.